The Hall–Kier alpha value is -0.590. The standard InChI is InChI=1S/C14H19BrN2OS2/c1-4-17(5-2)14(19)20-9-13(18)16-11-7-6-10(3)12(15)8-11/h6-8H,4-5,9H2,1-3H3,(H,16,18). The Bertz CT molecular complexity index is 490. The molecule has 1 rings (SSSR count). The molecule has 3 nitrogen and oxygen atoms in total. The predicted octanol–water partition coefficient (Wildman–Crippen LogP) is 4.06. The molecule has 1 amide bonds. The first-order chi connectivity index (χ1) is 9.47. The van der Waals surface area contributed by atoms with Gasteiger partial charge in [0.2, 0.25) is 5.91 Å². The van der Waals surface area contributed by atoms with Crippen LogP contribution in [0.5, 0.6) is 0 Å². The number of carbonyl (C=O) groups is 1. The number of carbonyl (C=O) groups excluding carboxylic acids is 1. The molecular weight excluding hydrogens is 356 g/mol. The summed E-state index contributed by atoms with van der Waals surface area (Å²) in [6.45, 7) is 7.86. The van der Waals surface area contributed by atoms with Gasteiger partial charge in [0, 0.05) is 23.2 Å². The highest BCUT2D eigenvalue weighted by Gasteiger charge is 2.09. The molecule has 0 radical (unpaired) electrons. The normalized spacial score (nSPS) is 10.2. The van der Waals surface area contributed by atoms with Gasteiger partial charge in [-0.2, -0.15) is 0 Å². The zero-order chi connectivity index (χ0) is 15.1. The Morgan fingerprint density at radius 2 is 2.05 bits per heavy atom. The number of hydrogen-bond donors (Lipinski definition) is 1. The van der Waals surface area contributed by atoms with Gasteiger partial charge in [-0.25, -0.2) is 0 Å². The Morgan fingerprint density at radius 1 is 1.40 bits per heavy atom. The zero-order valence-corrected chi connectivity index (χ0v) is 15.1. The van der Waals surface area contributed by atoms with Gasteiger partial charge >= 0.3 is 0 Å². The molecule has 20 heavy (non-hydrogen) atoms. The van der Waals surface area contributed by atoms with Crippen molar-refractivity contribution in [2.75, 3.05) is 24.2 Å². The third-order valence-corrected chi connectivity index (χ3v) is 5.18. The molecule has 0 saturated heterocycles. The number of hydrogen-bond acceptors (Lipinski definition) is 3. The van der Waals surface area contributed by atoms with Crippen LogP contribution in [0.15, 0.2) is 22.7 Å². The van der Waals surface area contributed by atoms with Gasteiger partial charge in [-0.05, 0) is 38.5 Å². The van der Waals surface area contributed by atoms with Gasteiger partial charge in [-0.3, -0.25) is 4.79 Å². The van der Waals surface area contributed by atoms with Crippen LogP contribution in [0.3, 0.4) is 0 Å². The number of aryl methyl sites for hydroxylation is 1. The Morgan fingerprint density at radius 3 is 2.60 bits per heavy atom. The number of nitrogens with one attached hydrogen (secondary N) is 1. The van der Waals surface area contributed by atoms with Gasteiger partial charge in [0.15, 0.2) is 0 Å². The zero-order valence-electron chi connectivity index (χ0n) is 11.9. The maximum atomic E-state index is 11.9. The van der Waals surface area contributed by atoms with Crippen LogP contribution >= 0.6 is 39.9 Å². The van der Waals surface area contributed by atoms with Crippen LogP contribution in [0, 0.1) is 6.92 Å². The summed E-state index contributed by atoms with van der Waals surface area (Å²) < 4.78 is 1.76. The van der Waals surface area contributed by atoms with Gasteiger partial charge < -0.3 is 10.2 Å². The largest absolute Gasteiger partial charge is 0.358 e. The first-order valence-electron chi connectivity index (χ1n) is 6.45. The van der Waals surface area contributed by atoms with Gasteiger partial charge in [0.25, 0.3) is 0 Å². The molecule has 1 aromatic rings. The highest BCUT2D eigenvalue weighted by molar-refractivity contribution is 9.10. The van der Waals surface area contributed by atoms with E-state index in [4.69, 9.17) is 12.2 Å². The summed E-state index contributed by atoms with van der Waals surface area (Å²) in [4.78, 5) is 14.0. The molecule has 0 atom stereocenters. The van der Waals surface area contributed by atoms with Crippen LogP contribution in [0.25, 0.3) is 0 Å². The molecular formula is C14H19BrN2OS2. The van der Waals surface area contributed by atoms with Crippen molar-refractivity contribution in [2.24, 2.45) is 0 Å². The lowest BCUT2D eigenvalue weighted by molar-refractivity contribution is -0.113. The molecule has 0 heterocycles. The molecule has 6 heteroatoms. The number of amides is 1. The summed E-state index contributed by atoms with van der Waals surface area (Å²) in [6.07, 6.45) is 0. The van der Waals surface area contributed by atoms with E-state index in [-0.39, 0.29) is 5.91 Å². The van der Waals surface area contributed by atoms with Crippen LogP contribution in [-0.2, 0) is 4.79 Å². The van der Waals surface area contributed by atoms with Crippen molar-refractivity contribution in [1.29, 1.82) is 0 Å². The SMILES string of the molecule is CCN(CC)C(=S)SCC(=O)Nc1ccc(C)c(Br)c1. The fraction of sp³-hybridized carbons (Fsp3) is 0.429. The lowest BCUT2D eigenvalue weighted by Crippen LogP contribution is -2.28. The molecule has 110 valence electrons. The monoisotopic (exact) mass is 374 g/mol. The lowest BCUT2D eigenvalue weighted by atomic mass is 10.2. The summed E-state index contributed by atoms with van der Waals surface area (Å²) in [5.74, 6) is 0.293. The molecule has 0 unspecified atom stereocenters. The van der Waals surface area contributed by atoms with Crippen LogP contribution in [0.2, 0.25) is 0 Å². The number of nitrogens with zero attached hydrogens (tertiary/aromatic N) is 1. The van der Waals surface area contributed by atoms with Gasteiger partial charge in [0.05, 0.1) is 5.75 Å². The molecule has 0 fully saturated rings. The average molecular weight is 375 g/mol. The first kappa shape index (κ1) is 17.5. The minimum Gasteiger partial charge on any atom is -0.358 e. The number of thiocarbonyl (C=S) groups is 1. The van der Waals surface area contributed by atoms with Crippen molar-refractivity contribution in [1.82, 2.24) is 4.90 Å². The molecule has 0 aliphatic rings. The van der Waals surface area contributed by atoms with E-state index in [1.807, 2.05) is 25.1 Å². The Balaban J connectivity index is 2.47. The highest BCUT2D eigenvalue weighted by Crippen LogP contribution is 2.21. The maximum Gasteiger partial charge on any atom is 0.234 e. The molecule has 0 saturated carbocycles. The van der Waals surface area contributed by atoms with Crippen LogP contribution in [-0.4, -0.2) is 34.0 Å². The second-order valence-corrected chi connectivity index (χ2v) is 6.70. The summed E-state index contributed by atoms with van der Waals surface area (Å²) in [7, 11) is 0. The summed E-state index contributed by atoms with van der Waals surface area (Å²) >= 11 is 10.2. The van der Waals surface area contributed by atoms with E-state index in [0.717, 1.165) is 33.1 Å². The van der Waals surface area contributed by atoms with E-state index in [9.17, 15) is 4.79 Å². The van der Waals surface area contributed by atoms with Crippen LogP contribution in [0.1, 0.15) is 19.4 Å². The molecule has 1 aromatic carbocycles. The molecule has 0 aliphatic carbocycles. The summed E-state index contributed by atoms with van der Waals surface area (Å²) in [5, 5.41) is 2.87. The van der Waals surface area contributed by atoms with E-state index in [1.165, 1.54) is 11.8 Å². The number of rotatable bonds is 5. The Kier molecular flexibility index (Phi) is 7.55. The predicted molar refractivity (Wildman–Crippen MR) is 95.5 cm³/mol. The summed E-state index contributed by atoms with van der Waals surface area (Å²) in [6, 6.07) is 5.76. The number of anilines is 1. The van der Waals surface area contributed by atoms with Crippen LogP contribution < -0.4 is 5.32 Å². The smallest absolute Gasteiger partial charge is 0.234 e. The second kappa shape index (κ2) is 8.64. The molecule has 0 spiro atoms. The minimum absolute atomic E-state index is 0.0414. The van der Waals surface area contributed by atoms with E-state index in [1.54, 1.807) is 0 Å². The van der Waals surface area contributed by atoms with Crippen molar-refractivity contribution in [3.63, 3.8) is 0 Å². The van der Waals surface area contributed by atoms with Gasteiger partial charge in [-0.1, -0.05) is 46.0 Å². The quantitative estimate of drug-likeness (QED) is 0.787. The maximum absolute atomic E-state index is 11.9. The van der Waals surface area contributed by atoms with E-state index < -0.39 is 0 Å². The number of benzene rings is 1. The third kappa shape index (κ3) is 5.42. The van der Waals surface area contributed by atoms with E-state index in [0.29, 0.717) is 5.75 Å². The fourth-order valence-electron chi connectivity index (χ4n) is 1.57. The van der Waals surface area contributed by atoms with Crippen molar-refractivity contribution in [3.05, 3.63) is 28.2 Å². The number of halogens is 1. The Labute approximate surface area is 138 Å². The van der Waals surface area contributed by atoms with Gasteiger partial charge in [0.1, 0.15) is 4.32 Å². The molecule has 0 aromatic heterocycles. The topological polar surface area (TPSA) is 32.3 Å². The van der Waals surface area contributed by atoms with Crippen molar-refractivity contribution in [2.45, 2.75) is 20.8 Å². The summed E-state index contributed by atoms with van der Waals surface area (Å²) in [5.41, 5.74) is 1.93. The molecule has 1 N–H and O–H groups in total. The van der Waals surface area contributed by atoms with Crippen LogP contribution in [0.4, 0.5) is 5.69 Å². The fourth-order valence-corrected chi connectivity index (χ4v) is 3.15. The lowest BCUT2D eigenvalue weighted by Gasteiger charge is -2.20. The highest BCUT2D eigenvalue weighted by atomic mass is 79.9. The van der Waals surface area contributed by atoms with E-state index >= 15 is 0 Å². The van der Waals surface area contributed by atoms with Crippen molar-refractivity contribution in [3.8, 4) is 0 Å². The van der Waals surface area contributed by atoms with Crippen molar-refractivity contribution < 1.29 is 4.79 Å². The van der Waals surface area contributed by atoms with Gasteiger partial charge in [-0.15, -0.1) is 0 Å². The van der Waals surface area contributed by atoms with E-state index in [2.05, 4.69) is 40.0 Å². The minimum atomic E-state index is -0.0414. The molecule has 0 bridgehead atoms. The third-order valence-electron chi connectivity index (χ3n) is 2.80. The second-order valence-electron chi connectivity index (χ2n) is 4.24. The van der Waals surface area contributed by atoms with Crippen molar-refractivity contribution >= 4 is 55.8 Å². The molecule has 0 aliphatic heterocycles. The average Bonchev–Trinajstić information content (AvgIpc) is 2.42. The number of thioether (sulfide) groups is 1. The first-order valence-corrected chi connectivity index (χ1v) is 8.64.